The number of hydrogen-bond donors (Lipinski definition) is 0. The van der Waals surface area contributed by atoms with Crippen molar-refractivity contribution in [2.75, 3.05) is 32.1 Å². The highest BCUT2D eigenvalue weighted by Crippen LogP contribution is 2.28. The second-order valence-corrected chi connectivity index (χ2v) is 9.24. The molecule has 1 atom stereocenters. The van der Waals surface area contributed by atoms with Gasteiger partial charge in [-0.25, -0.2) is 8.42 Å². The van der Waals surface area contributed by atoms with Gasteiger partial charge in [0.05, 0.1) is 23.7 Å². The maximum Gasteiger partial charge on any atom is 0.254 e. The van der Waals surface area contributed by atoms with Gasteiger partial charge in [-0.05, 0) is 31.8 Å². The van der Waals surface area contributed by atoms with Crippen molar-refractivity contribution in [3.05, 3.63) is 53.3 Å². The van der Waals surface area contributed by atoms with Gasteiger partial charge in [0.15, 0.2) is 9.84 Å². The van der Waals surface area contributed by atoms with Gasteiger partial charge in [-0.1, -0.05) is 12.1 Å². The van der Waals surface area contributed by atoms with Gasteiger partial charge in [-0.2, -0.15) is 5.10 Å². The van der Waals surface area contributed by atoms with Gasteiger partial charge in [-0.15, -0.1) is 0 Å². The molecule has 1 aliphatic rings. The second kappa shape index (κ2) is 7.20. The summed E-state index contributed by atoms with van der Waals surface area (Å²) in [6, 6.07) is 6.99. The van der Waals surface area contributed by atoms with Crippen molar-refractivity contribution in [3.8, 4) is 0 Å². The first kappa shape index (κ1) is 18.6. The molecule has 0 N–H and O–H groups in total. The maximum atomic E-state index is 13.0. The Morgan fingerprint density at radius 3 is 2.54 bits per heavy atom. The highest BCUT2D eigenvalue weighted by Gasteiger charge is 2.36. The van der Waals surface area contributed by atoms with Crippen LogP contribution in [0.5, 0.6) is 0 Å². The highest BCUT2D eigenvalue weighted by atomic mass is 32.2. The topological polar surface area (TPSA) is 75.5 Å². The number of carbonyl (C=O) groups is 1. The SMILES string of the molecule is CN(C)Cc1ccc(C(=O)N2CCS(=O)(=O)C[C@H]2c2cnn(C)c2)cc1. The fraction of sp³-hybridized carbons (Fsp3) is 0.444. The molecule has 1 fully saturated rings. The third-order valence-corrected chi connectivity index (χ3v) is 6.13. The number of aryl methyl sites for hydroxylation is 1. The van der Waals surface area contributed by atoms with E-state index in [9.17, 15) is 13.2 Å². The van der Waals surface area contributed by atoms with Gasteiger partial charge in [-0.3, -0.25) is 9.48 Å². The van der Waals surface area contributed by atoms with E-state index in [4.69, 9.17) is 0 Å². The first-order valence-electron chi connectivity index (χ1n) is 8.49. The van der Waals surface area contributed by atoms with Crippen LogP contribution in [0.3, 0.4) is 0 Å². The fourth-order valence-electron chi connectivity index (χ4n) is 3.22. The van der Waals surface area contributed by atoms with Crippen LogP contribution in [0.2, 0.25) is 0 Å². The number of nitrogens with zero attached hydrogens (tertiary/aromatic N) is 4. The average Bonchev–Trinajstić information content (AvgIpc) is 3.00. The minimum Gasteiger partial charge on any atom is -0.329 e. The summed E-state index contributed by atoms with van der Waals surface area (Å²) in [5, 5.41) is 4.12. The summed E-state index contributed by atoms with van der Waals surface area (Å²) in [6.45, 7) is 0.995. The summed E-state index contributed by atoms with van der Waals surface area (Å²) in [5.74, 6) is -0.220. The van der Waals surface area contributed by atoms with E-state index in [2.05, 4.69) is 10.00 Å². The summed E-state index contributed by atoms with van der Waals surface area (Å²) >= 11 is 0. The molecule has 1 aliphatic heterocycles. The molecule has 26 heavy (non-hydrogen) atoms. The molecule has 140 valence electrons. The summed E-state index contributed by atoms with van der Waals surface area (Å²) in [6.07, 6.45) is 3.40. The minimum absolute atomic E-state index is 0.00574. The molecular formula is C18H24N4O3S. The molecule has 0 saturated carbocycles. The molecule has 0 radical (unpaired) electrons. The van der Waals surface area contributed by atoms with Crippen LogP contribution in [-0.2, 0) is 23.4 Å². The summed E-state index contributed by atoms with van der Waals surface area (Å²) in [7, 11) is 2.58. The van der Waals surface area contributed by atoms with Crippen molar-refractivity contribution in [2.45, 2.75) is 12.6 Å². The lowest BCUT2D eigenvalue weighted by Gasteiger charge is -2.35. The molecular weight excluding hydrogens is 352 g/mol. The van der Waals surface area contributed by atoms with Gasteiger partial charge >= 0.3 is 0 Å². The van der Waals surface area contributed by atoms with Gasteiger partial charge in [0, 0.05) is 37.5 Å². The van der Waals surface area contributed by atoms with Crippen LogP contribution in [0.1, 0.15) is 27.5 Å². The first-order valence-corrected chi connectivity index (χ1v) is 10.3. The van der Waals surface area contributed by atoms with Crippen LogP contribution in [-0.4, -0.2) is 66.1 Å². The minimum atomic E-state index is -3.18. The van der Waals surface area contributed by atoms with Crippen LogP contribution in [0.4, 0.5) is 0 Å². The quantitative estimate of drug-likeness (QED) is 0.799. The third kappa shape index (κ3) is 4.13. The van der Waals surface area contributed by atoms with Crippen molar-refractivity contribution in [1.29, 1.82) is 0 Å². The zero-order chi connectivity index (χ0) is 18.9. The van der Waals surface area contributed by atoms with Crippen LogP contribution < -0.4 is 0 Å². The van der Waals surface area contributed by atoms with E-state index in [-0.39, 0.29) is 24.0 Å². The number of aromatic nitrogens is 2. The molecule has 0 unspecified atom stereocenters. The normalized spacial score (nSPS) is 19.7. The van der Waals surface area contributed by atoms with Crippen molar-refractivity contribution >= 4 is 15.7 Å². The Hall–Kier alpha value is -2.19. The summed E-state index contributed by atoms with van der Waals surface area (Å²) < 4.78 is 25.9. The Morgan fingerprint density at radius 1 is 1.27 bits per heavy atom. The number of hydrogen-bond acceptors (Lipinski definition) is 5. The van der Waals surface area contributed by atoms with Crippen molar-refractivity contribution < 1.29 is 13.2 Å². The van der Waals surface area contributed by atoms with Gasteiger partial charge in [0.25, 0.3) is 5.91 Å². The maximum absolute atomic E-state index is 13.0. The molecule has 2 aromatic rings. The van der Waals surface area contributed by atoms with Crippen LogP contribution >= 0.6 is 0 Å². The smallest absolute Gasteiger partial charge is 0.254 e. The van der Waals surface area contributed by atoms with Gasteiger partial charge in [0.1, 0.15) is 0 Å². The monoisotopic (exact) mass is 376 g/mol. The Morgan fingerprint density at radius 2 is 1.96 bits per heavy atom. The average molecular weight is 376 g/mol. The Labute approximate surface area is 154 Å². The number of sulfone groups is 1. The lowest BCUT2D eigenvalue weighted by molar-refractivity contribution is 0.0697. The standard InChI is InChI=1S/C18H24N4O3S/c1-20(2)11-14-4-6-15(7-5-14)18(23)22-8-9-26(24,25)13-17(22)16-10-19-21(3)12-16/h4-7,10,12,17H,8-9,11,13H2,1-3H3/t17-/m0/s1. The van der Waals surface area contributed by atoms with Crippen LogP contribution in [0, 0.1) is 0 Å². The molecule has 0 aliphatic carbocycles. The largest absolute Gasteiger partial charge is 0.329 e. The number of amides is 1. The molecule has 7 nitrogen and oxygen atoms in total. The van der Waals surface area contributed by atoms with Gasteiger partial charge < -0.3 is 9.80 Å². The predicted octanol–water partition coefficient (Wildman–Crippen LogP) is 1.09. The summed E-state index contributed by atoms with van der Waals surface area (Å²) in [4.78, 5) is 16.7. The lowest BCUT2D eigenvalue weighted by Crippen LogP contribution is -2.46. The van der Waals surface area contributed by atoms with Crippen molar-refractivity contribution in [2.24, 2.45) is 7.05 Å². The Bertz CT molecular complexity index is 887. The second-order valence-electron chi connectivity index (χ2n) is 7.01. The third-order valence-electron chi connectivity index (χ3n) is 4.50. The molecule has 1 saturated heterocycles. The summed E-state index contributed by atoms with van der Waals surface area (Å²) in [5.41, 5.74) is 2.44. The van der Waals surface area contributed by atoms with E-state index >= 15 is 0 Å². The molecule has 1 amide bonds. The van der Waals surface area contributed by atoms with E-state index in [0.29, 0.717) is 5.56 Å². The number of rotatable bonds is 4. The molecule has 0 bridgehead atoms. The molecule has 8 heteroatoms. The molecule has 2 heterocycles. The molecule has 1 aromatic heterocycles. The number of carbonyl (C=O) groups excluding carboxylic acids is 1. The highest BCUT2D eigenvalue weighted by molar-refractivity contribution is 7.91. The van der Waals surface area contributed by atoms with Crippen molar-refractivity contribution in [1.82, 2.24) is 19.6 Å². The van der Waals surface area contributed by atoms with E-state index in [1.54, 1.807) is 29.0 Å². The first-order chi connectivity index (χ1) is 12.2. The van der Waals surface area contributed by atoms with E-state index in [1.165, 1.54) is 0 Å². The zero-order valence-corrected chi connectivity index (χ0v) is 16.1. The molecule has 0 spiro atoms. The Kier molecular flexibility index (Phi) is 5.15. The van der Waals surface area contributed by atoms with Gasteiger partial charge in [0.2, 0.25) is 0 Å². The van der Waals surface area contributed by atoms with Crippen LogP contribution in [0.15, 0.2) is 36.7 Å². The molecule has 1 aromatic carbocycles. The van der Waals surface area contributed by atoms with Crippen molar-refractivity contribution in [3.63, 3.8) is 0 Å². The zero-order valence-electron chi connectivity index (χ0n) is 15.3. The van der Waals surface area contributed by atoms with Crippen LogP contribution in [0.25, 0.3) is 0 Å². The van der Waals surface area contributed by atoms with E-state index in [0.717, 1.165) is 17.7 Å². The predicted molar refractivity (Wildman–Crippen MR) is 99.5 cm³/mol. The lowest BCUT2D eigenvalue weighted by atomic mass is 10.1. The fourth-order valence-corrected chi connectivity index (χ4v) is 4.72. The molecule has 3 rings (SSSR count). The Balaban J connectivity index is 1.86. The van der Waals surface area contributed by atoms with E-state index < -0.39 is 15.9 Å². The van der Waals surface area contributed by atoms with E-state index in [1.807, 2.05) is 38.4 Å². The number of benzene rings is 1.